The van der Waals surface area contributed by atoms with Crippen LogP contribution in [-0.4, -0.2) is 35.8 Å². The van der Waals surface area contributed by atoms with Crippen LogP contribution in [0.2, 0.25) is 0 Å². The molecule has 0 unspecified atom stereocenters. The first-order valence-corrected chi connectivity index (χ1v) is 13.4. The minimum atomic E-state index is -3.73. The number of nitrogens with zero attached hydrogens (tertiary/aromatic N) is 4. The molecular weight excluding hydrogens is 498 g/mol. The quantitative estimate of drug-likeness (QED) is 0.328. The van der Waals surface area contributed by atoms with Gasteiger partial charge in [0.25, 0.3) is 15.9 Å². The SMILES string of the molecule is Cc1ccc(S(=O)(=O)Nc2cnc(N3CCc4nc(C(=O)Nc5ccccc5N)sc4C3)nc2)cc1. The van der Waals surface area contributed by atoms with Crippen molar-refractivity contribution in [2.45, 2.75) is 24.8 Å². The summed E-state index contributed by atoms with van der Waals surface area (Å²) in [4.78, 5) is 29.0. The standard InChI is InChI=1S/C24H23N7O3S2/c1-15-6-8-17(9-7-15)36(33,34)30-16-12-26-24(27-13-16)31-11-10-20-21(14-31)35-23(29-20)22(32)28-19-5-3-2-4-18(19)25/h2-9,12-13,30H,10-11,14,25H2,1H3,(H,28,32). The molecule has 12 heteroatoms. The van der Waals surface area contributed by atoms with Crippen molar-refractivity contribution >= 4 is 50.3 Å². The smallest absolute Gasteiger partial charge is 0.284 e. The number of sulfonamides is 1. The van der Waals surface area contributed by atoms with Crippen LogP contribution in [0.1, 0.15) is 25.9 Å². The fourth-order valence-corrected chi connectivity index (χ4v) is 5.77. The van der Waals surface area contributed by atoms with Gasteiger partial charge in [0.2, 0.25) is 5.95 Å². The van der Waals surface area contributed by atoms with Gasteiger partial charge in [-0.15, -0.1) is 11.3 Å². The van der Waals surface area contributed by atoms with E-state index in [2.05, 4.69) is 25.0 Å². The lowest BCUT2D eigenvalue weighted by Crippen LogP contribution is -2.31. The van der Waals surface area contributed by atoms with E-state index in [1.54, 1.807) is 48.5 Å². The number of benzene rings is 2. The number of aryl methyl sites for hydroxylation is 1. The Morgan fingerprint density at radius 3 is 2.53 bits per heavy atom. The Hall–Kier alpha value is -4.03. The van der Waals surface area contributed by atoms with E-state index in [1.165, 1.54) is 23.7 Å². The molecular formula is C24H23N7O3S2. The number of anilines is 4. The highest BCUT2D eigenvalue weighted by Crippen LogP contribution is 2.28. The second kappa shape index (κ2) is 9.55. The Morgan fingerprint density at radius 2 is 1.81 bits per heavy atom. The lowest BCUT2D eigenvalue weighted by molar-refractivity contribution is 0.102. The third-order valence-corrected chi connectivity index (χ3v) is 8.12. The van der Waals surface area contributed by atoms with Crippen LogP contribution in [0.25, 0.3) is 0 Å². The van der Waals surface area contributed by atoms with Crippen molar-refractivity contribution in [1.82, 2.24) is 15.0 Å². The van der Waals surface area contributed by atoms with Crippen molar-refractivity contribution in [3.63, 3.8) is 0 Å². The largest absolute Gasteiger partial charge is 0.397 e. The second-order valence-corrected chi connectivity index (χ2v) is 11.1. The van der Waals surface area contributed by atoms with Gasteiger partial charge in [0, 0.05) is 17.8 Å². The second-order valence-electron chi connectivity index (χ2n) is 8.29. The lowest BCUT2D eigenvalue weighted by Gasteiger charge is -2.25. The van der Waals surface area contributed by atoms with Gasteiger partial charge >= 0.3 is 0 Å². The summed E-state index contributed by atoms with van der Waals surface area (Å²) in [5.74, 6) is 0.163. The number of aromatic nitrogens is 3. The van der Waals surface area contributed by atoms with Gasteiger partial charge in [-0.3, -0.25) is 9.52 Å². The predicted octanol–water partition coefficient (Wildman–Crippen LogP) is 3.44. The number of thiazole rings is 1. The fraction of sp³-hybridized carbons (Fsp3) is 0.167. The third-order valence-electron chi connectivity index (χ3n) is 5.64. The zero-order chi connectivity index (χ0) is 25.3. The summed E-state index contributed by atoms with van der Waals surface area (Å²) < 4.78 is 27.7. The Balaban J connectivity index is 1.26. The van der Waals surface area contributed by atoms with Crippen LogP contribution in [0.15, 0.2) is 65.8 Å². The number of nitrogens with two attached hydrogens (primary N) is 1. The van der Waals surface area contributed by atoms with E-state index < -0.39 is 10.0 Å². The van der Waals surface area contributed by atoms with Crippen LogP contribution in [0, 0.1) is 6.92 Å². The van der Waals surface area contributed by atoms with Gasteiger partial charge in [0.05, 0.1) is 46.6 Å². The van der Waals surface area contributed by atoms with Crippen molar-refractivity contribution in [2.24, 2.45) is 0 Å². The molecule has 0 radical (unpaired) electrons. The predicted molar refractivity (Wildman–Crippen MR) is 140 cm³/mol. The van der Waals surface area contributed by atoms with Gasteiger partial charge in [0.15, 0.2) is 5.01 Å². The summed E-state index contributed by atoms with van der Waals surface area (Å²) in [6, 6.07) is 13.6. The molecule has 10 nitrogen and oxygen atoms in total. The lowest BCUT2D eigenvalue weighted by atomic mass is 10.2. The number of nitrogen functional groups attached to an aromatic ring is 1. The van der Waals surface area contributed by atoms with Crippen LogP contribution >= 0.6 is 11.3 Å². The number of nitrogens with one attached hydrogen (secondary N) is 2. The Morgan fingerprint density at radius 1 is 1.08 bits per heavy atom. The van der Waals surface area contributed by atoms with Gasteiger partial charge in [0.1, 0.15) is 0 Å². The average molecular weight is 522 g/mol. The summed E-state index contributed by atoms with van der Waals surface area (Å²) in [5, 5.41) is 3.17. The molecule has 2 aromatic carbocycles. The maximum Gasteiger partial charge on any atom is 0.284 e. The highest BCUT2D eigenvalue weighted by atomic mass is 32.2. The average Bonchev–Trinajstić information content (AvgIpc) is 3.30. The monoisotopic (exact) mass is 521 g/mol. The minimum Gasteiger partial charge on any atom is -0.397 e. The van der Waals surface area contributed by atoms with Crippen molar-refractivity contribution in [2.75, 3.05) is 27.2 Å². The highest BCUT2D eigenvalue weighted by molar-refractivity contribution is 7.92. The highest BCUT2D eigenvalue weighted by Gasteiger charge is 2.25. The van der Waals surface area contributed by atoms with Crippen LogP contribution in [0.3, 0.4) is 0 Å². The van der Waals surface area contributed by atoms with Crippen LogP contribution in [0.5, 0.6) is 0 Å². The molecule has 184 valence electrons. The minimum absolute atomic E-state index is 0.167. The molecule has 0 atom stereocenters. The van der Waals surface area contributed by atoms with Crippen molar-refractivity contribution < 1.29 is 13.2 Å². The van der Waals surface area contributed by atoms with E-state index in [0.717, 1.165) is 16.1 Å². The number of carbonyl (C=O) groups excluding carboxylic acids is 1. The third kappa shape index (κ3) is 4.99. The van der Waals surface area contributed by atoms with Gasteiger partial charge in [-0.05, 0) is 31.2 Å². The first kappa shape index (κ1) is 23.7. The Labute approximate surface area is 212 Å². The van der Waals surface area contributed by atoms with Gasteiger partial charge in [-0.2, -0.15) is 0 Å². The van der Waals surface area contributed by atoms with Gasteiger partial charge < -0.3 is 16.0 Å². The molecule has 5 rings (SSSR count). The number of amides is 1. The van der Waals surface area contributed by atoms with Gasteiger partial charge in [-0.25, -0.2) is 23.4 Å². The molecule has 1 aliphatic rings. The summed E-state index contributed by atoms with van der Waals surface area (Å²) in [7, 11) is -3.73. The van der Waals surface area contributed by atoms with Crippen molar-refractivity contribution in [1.29, 1.82) is 0 Å². The molecule has 4 aromatic rings. The normalized spacial score (nSPS) is 13.2. The molecule has 0 saturated heterocycles. The van der Waals surface area contributed by atoms with Crippen LogP contribution in [-0.2, 0) is 23.0 Å². The molecule has 0 bridgehead atoms. The zero-order valence-electron chi connectivity index (χ0n) is 19.3. The van der Waals surface area contributed by atoms with E-state index in [9.17, 15) is 13.2 Å². The summed E-state index contributed by atoms with van der Waals surface area (Å²) in [6.07, 6.45) is 3.52. The topological polar surface area (TPSA) is 143 Å². The Kier molecular flexibility index (Phi) is 6.29. The molecule has 0 aliphatic carbocycles. The molecule has 1 amide bonds. The zero-order valence-corrected chi connectivity index (χ0v) is 20.9. The molecule has 2 aromatic heterocycles. The maximum atomic E-state index is 12.7. The number of rotatable bonds is 6. The first-order chi connectivity index (χ1) is 17.3. The maximum absolute atomic E-state index is 12.7. The summed E-state index contributed by atoms with van der Waals surface area (Å²) in [5.41, 5.74) is 9.07. The van der Waals surface area contributed by atoms with E-state index in [4.69, 9.17) is 5.73 Å². The summed E-state index contributed by atoms with van der Waals surface area (Å²) in [6.45, 7) is 3.02. The van der Waals surface area contributed by atoms with Crippen molar-refractivity contribution in [3.8, 4) is 0 Å². The van der Waals surface area contributed by atoms with Crippen LogP contribution in [0.4, 0.5) is 23.0 Å². The fourth-order valence-electron chi connectivity index (χ4n) is 3.72. The van der Waals surface area contributed by atoms with Crippen molar-refractivity contribution in [3.05, 3.63) is 82.1 Å². The first-order valence-electron chi connectivity index (χ1n) is 11.1. The number of hydrogen-bond acceptors (Lipinski definition) is 9. The molecule has 3 heterocycles. The molecule has 0 spiro atoms. The Bertz CT molecular complexity index is 1520. The van der Waals surface area contributed by atoms with Crippen LogP contribution < -0.4 is 20.7 Å². The number of fused-ring (bicyclic) bond motifs is 1. The molecule has 4 N–H and O–H groups in total. The van der Waals surface area contributed by atoms with E-state index in [1.807, 2.05) is 11.8 Å². The van der Waals surface area contributed by atoms with Gasteiger partial charge in [-0.1, -0.05) is 29.8 Å². The van der Waals surface area contributed by atoms with E-state index in [-0.39, 0.29) is 16.5 Å². The molecule has 36 heavy (non-hydrogen) atoms. The number of hydrogen-bond donors (Lipinski definition) is 3. The molecule has 0 fully saturated rings. The van der Waals surface area contributed by atoms with E-state index in [0.29, 0.717) is 41.8 Å². The molecule has 1 aliphatic heterocycles. The number of para-hydroxylation sites is 2. The summed E-state index contributed by atoms with van der Waals surface area (Å²) >= 11 is 1.32. The van der Waals surface area contributed by atoms with E-state index >= 15 is 0 Å². The number of carbonyl (C=O) groups is 1. The molecule has 0 saturated carbocycles.